The van der Waals surface area contributed by atoms with Crippen molar-refractivity contribution in [2.75, 3.05) is 0 Å². The second-order valence-electron chi connectivity index (χ2n) is 3.97. The van der Waals surface area contributed by atoms with Crippen LogP contribution in [0, 0.1) is 6.92 Å². The molecule has 1 N–H and O–H groups in total. The van der Waals surface area contributed by atoms with Gasteiger partial charge in [0.05, 0.1) is 12.6 Å². The van der Waals surface area contributed by atoms with Gasteiger partial charge in [0.1, 0.15) is 0 Å². The third kappa shape index (κ3) is 2.79. The van der Waals surface area contributed by atoms with E-state index in [1.807, 2.05) is 31.2 Å². The number of aliphatic hydroxyl groups is 1. The minimum Gasteiger partial charge on any atom is -0.386 e. The van der Waals surface area contributed by atoms with Crippen LogP contribution >= 0.6 is 0 Å². The van der Waals surface area contributed by atoms with E-state index < -0.39 is 6.10 Å². The number of aromatic nitrogens is 2. The molecule has 2 aromatic rings. The van der Waals surface area contributed by atoms with Crippen molar-refractivity contribution in [1.82, 2.24) is 9.78 Å². The summed E-state index contributed by atoms with van der Waals surface area (Å²) >= 11 is 0. The lowest BCUT2D eigenvalue weighted by Gasteiger charge is -2.11. The molecule has 0 saturated carbocycles. The maximum absolute atomic E-state index is 11.4. The summed E-state index contributed by atoms with van der Waals surface area (Å²) < 4.78 is 1.25. The number of hydrogen-bond donors (Lipinski definition) is 1. The van der Waals surface area contributed by atoms with Gasteiger partial charge in [0.15, 0.2) is 0 Å². The minimum atomic E-state index is -0.719. The highest BCUT2D eigenvalue weighted by Gasteiger charge is 2.09. The topological polar surface area (TPSA) is 55.1 Å². The fraction of sp³-hybridized carbons (Fsp3) is 0.231. The molecule has 88 valence electrons. The number of hydrogen-bond acceptors (Lipinski definition) is 3. The lowest BCUT2D eigenvalue weighted by molar-refractivity contribution is 0.149. The molecule has 0 aliphatic rings. The fourth-order valence-electron chi connectivity index (χ4n) is 1.58. The summed E-state index contributed by atoms with van der Waals surface area (Å²) in [6.07, 6.45) is 0.812. The molecule has 17 heavy (non-hydrogen) atoms. The Hall–Kier alpha value is -1.94. The standard InChI is InChI=1S/C13H14N2O2/c1-10-4-6-11(7-5-10)12(16)9-15-13(17)3-2-8-14-15/h2-8,12,16H,9H2,1H3. The molecule has 4 nitrogen and oxygen atoms in total. The molecule has 1 heterocycles. The Bertz CT molecular complexity index is 546. The van der Waals surface area contributed by atoms with Gasteiger partial charge in [0, 0.05) is 12.3 Å². The second-order valence-corrected chi connectivity index (χ2v) is 3.97. The largest absolute Gasteiger partial charge is 0.386 e. The van der Waals surface area contributed by atoms with E-state index in [-0.39, 0.29) is 12.1 Å². The summed E-state index contributed by atoms with van der Waals surface area (Å²) in [6, 6.07) is 10.6. The molecule has 0 bridgehead atoms. The first-order valence-electron chi connectivity index (χ1n) is 5.43. The molecular weight excluding hydrogens is 216 g/mol. The van der Waals surface area contributed by atoms with Crippen LogP contribution in [0.1, 0.15) is 17.2 Å². The minimum absolute atomic E-state index is 0.169. The summed E-state index contributed by atoms with van der Waals surface area (Å²) in [5.41, 5.74) is 1.71. The molecule has 1 aromatic heterocycles. The molecule has 4 heteroatoms. The predicted octanol–water partition coefficient (Wildman–Crippen LogP) is 1.29. The van der Waals surface area contributed by atoms with Crippen LogP contribution in [0.2, 0.25) is 0 Å². The molecule has 0 saturated heterocycles. The van der Waals surface area contributed by atoms with Gasteiger partial charge in [-0.15, -0.1) is 0 Å². The van der Waals surface area contributed by atoms with Crippen molar-refractivity contribution >= 4 is 0 Å². The third-order valence-electron chi connectivity index (χ3n) is 2.59. The van der Waals surface area contributed by atoms with Crippen molar-refractivity contribution in [3.05, 3.63) is 64.1 Å². The van der Waals surface area contributed by atoms with Gasteiger partial charge < -0.3 is 5.11 Å². The van der Waals surface area contributed by atoms with Crippen LogP contribution in [0.5, 0.6) is 0 Å². The first-order valence-corrected chi connectivity index (χ1v) is 5.43. The molecule has 0 spiro atoms. The maximum Gasteiger partial charge on any atom is 0.266 e. The third-order valence-corrected chi connectivity index (χ3v) is 2.59. The molecule has 0 amide bonds. The maximum atomic E-state index is 11.4. The van der Waals surface area contributed by atoms with E-state index in [0.29, 0.717) is 0 Å². The van der Waals surface area contributed by atoms with Gasteiger partial charge in [-0.2, -0.15) is 5.10 Å². The molecular formula is C13H14N2O2. The summed E-state index contributed by atoms with van der Waals surface area (Å²) in [5.74, 6) is 0. The van der Waals surface area contributed by atoms with Crippen LogP contribution in [0.15, 0.2) is 47.4 Å². The number of rotatable bonds is 3. The zero-order valence-corrected chi connectivity index (χ0v) is 9.58. The Morgan fingerprint density at radius 1 is 1.29 bits per heavy atom. The van der Waals surface area contributed by atoms with Crippen molar-refractivity contribution in [1.29, 1.82) is 0 Å². The van der Waals surface area contributed by atoms with Gasteiger partial charge in [0.25, 0.3) is 5.56 Å². The van der Waals surface area contributed by atoms with Crippen LogP contribution in [-0.2, 0) is 6.54 Å². The van der Waals surface area contributed by atoms with Crippen LogP contribution in [0.4, 0.5) is 0 Å². The average molecular weight is 230 g/mol. The SMILES string of the molecule is Cc1ccc(C(O)Cn2ncccc2=O)cc1. The molecule has 0 aliphatic heterocycles. The summed E-state index contributed by atoms with van der Waals surface area (Å²) in [7, 11) is 0. The molecule has 1 atom stereocenters. The number of nitrogens with zero attached hydrogens (tertiary/aromatic N) is 2. The van der Waals surface area contributed by atoms with Gasteiger partial charge in [-0.3, -0.25) is 4.79 Å². The monoisotopic (exact) mass is 230 g/mol. The zero-order valence-electron chi connectivity index (χ0n) is 9.58. The van der Waals surface area contributed by atoms with Crippen molar-refractivity contribution in [3.8, 4) is 0 Å². The quantitative estimate of drug-likeness (QED) is 0.864. The van der Waals surface area contributed by atoms with Gasteiger partial charge in [-0.25, -0.2) is 4.68 Å². The average Bonchev–Trinajstić information content (AvgIpc) is 2.33. The van der Waals surface area contributed by atoms with Crippen LogP contribution < -0.4 is 5.56 Å². The van der Waals surface area contributed by atoms with Crippen molar-refractivity contribution in [2.45, 2.75) is 19.6 Å². The molecule has 1 aromatic carbocycles. The molecule has 0 aliphatic carbocycles. The Morgan fingerprint density at radius 3 is 2.65 bits per heavy atom. The van der Waals surface area contributed by atoms with E-state index in [1.165, 1.54) is 16.9 Å². The molecule has 0 radical (unpaired) electrons. The van der Waals surface area contributed by atoms with E-state index in [0.717, 1.165) is 11.1 Å². The molecule has 1 unspecified atom stereocenters. The first-order chi connectivity index (χ1) is 8.16. The Labute approximate surface area is 99.2 Å². The summed E-state index contributed by atoms with van der Waals surface area (Å²) in [4.78, 5) is 11.4. The number of aryl methyl sites for hydroxylation is 1. The highest BCUT2D eigenvalue weighted by Crippen LogP contribution is 2.14. The van der Waals surface area contributed by atoms with Gasteiger partial charge >= 0.3 is 0 Å². The van der Waals surface area contributed by atoms with Crippen LogP contribution in [-0.4, -0.2) is 14.9 Å². The lowest BCUT2D eigenvalue weighted by atomic mass is 10.1. The molecule has 0 fully saturated rings. The Kier molecular flexibility index (Phi) is 3.35. The van der Waals surface area contributed by atoms with E-state index in [1.54, 1.807) is 6.07 Å². The van der Waals surface area contributed by atoms with Crippen LogP contribution in [0.3, 0.4) is 0 Å². The van der Waals surface area contributed by atoms with Crippen LogP contribution in [0.25, 0.3) is 0 Å². The highest BCUT2D eigenvalue weighted by atomic mass is 16.3. The highest BCUT2D eigenvalue weighted by molar-refractivity contribution is 5.22. The normalized spacial score (nSPS) is 12.4. The Balaban J connectivity index is 2.17. The smallest absolute Gasteiger partial charge is 0.266 e. The van der Waals surface area contributed by atoms with Crippen molar-refractivity contribution < 1.29 is 5.11 Å². The predicted molar refractivity (Wildman–Crippen MR) is 64.6 cm³/mol. The van der Waals surface area contributed by atoms with Gasteiger partial charge in [-0.1, -0.05) is 29.8 Å². The van der Waals surface area contributed by atoms with Crippen molar-refractivity contribution in [2.24, 2.45) is 0 Å². The number of aliphatic hydroxyl groups excluding tert-OH is 1. The van der Waals surface area contributed by atoms with E-state index in [4.69, 9.17) is 0 Å². The molecule has 2 rings (SSSR count). The van der Waals surface area contributed by atoms with Crippen molar-refractivity contribution in [3.63, 3.8) is 0 Å². The summed E-state index contributed by atoms with van der Waals surface area (Å²) in [6.45, 7) is 2.15. The van der Waals surface area contributed by atoms with Gasteiger partial charge in [0.2, 0.25) is 0 Å². The van der Waals surface area contributed by atoms with Gasteiger partial charge in [-0.05, 0) is 18.6 Å². The summed E-state index contributed by atoms with van der Waals surface area (Å²) in [5, 5.41) is 13.9. The number of benzene rings is 1. The first kappa shape index (κ1) is 11.5. The fourth-order valence-corrected chi connectivity index (χ4v) is 1.58. The van der Waals surface area contributed by atoms with E-state index in [9.17, 15) is 9.90 Å². The zero-order chi connectivity index (χ0) is 12.3. The lowest BCUT2D eigenvalue weighted by Crippen LogP contribution is -2.24. The van der Waals surface area contributed by atoms with E-state index in [2.05, 4.69) is 5.10 Å². The Morgan fingerprint density at radius 2 is 2.00 bits per heavy atom. The van der Waals surface area contributed by atoms with E-state index >= 15 is 0 Å². The second kappa shape index (κ2) is 4.93.